The van der Waals surface area contributed by atoms with Crippen LogP contribution in [0.5, 0.6) is 0 Å². The van der Waals surface area contributed by atoms with Crippen molar-refractivity contribution in [3.05, 3.63) is 35.4 Å². The van der Waals surface area contributed by atoms with Crippen LogP contribution in [0.4, 0.5) is 4.39 Å². The van der Waals surface area contributed by atoms with Crippen molar-refractivity contribution in [2.24, 2.45) is 0 Å². The van der Waals surface area contributed by atoms with Crippen LogP contribution >= 0.6 is 11.3 Å². The first-order valence-electron chi connectivity index (χ1n) is 4.95. The van der Waals surface area contributed by atoms with E-state index in [4.69, 9.17) is 4.74 Å². The maximum absolute atomic E-state index is 13.4. The first kappa shape index (κ1) is 11.7. The molecule has 0 unspecified atom stereocenters. The third kappa shape index (κ3) is 2.47. The summed E-state index contributed by atoms with van der Waals surface area (Å²) in [5.74, 6) is -0.957. The van der Waals surface area contributed by atoms with E-state index in [9.17, 15) is 9.18 Å². The second-order valence-electron chi connectivity index (χ2n) is 3.11. The number of hydrogen-bond donors (Lipinski definition) is 0. The van der Waals surface area contributed by atoms with Crippen molar-refractivity contribution in [2.75, 3.05) is 6.61 Å². The van der Waals surface area contributed by atoms with Gasteiger partial charge in [-0.05, 0) is 13.0 Å². The Bertz CT molecular complexity index is 542. The van der Waals surface area contributed by atoms with Crippen LogP contribution in [0.2, 0.25) is 0 Å². The van der Waals surface area contributed by atoms with E-state index in [0.29, 0.717) is 10.6 Å². The number of pyridine rings is 1. The molecular formula is C11H9FN2O2S. The Hall–Kier alpha value is -1.82. The topological polar surface area (TPSA) is 52.1 Å². The van der Waals surface area contributed by atoms with E-state index in [1.54, 1.807) is 12.3 Å². The van der Waals surface area contributed by atoms with Gasteiger partial charge in [0.05, 0.1) is 12.8 Å². The molecule has 6 heteroatoms. The normalized spacial score (nSPS) is 10.2. The van der Waals surface area contributed by atoms with Gasteiger partial charge in [-0.25, -0.2) is 14.2 Å². The minimum Gasteiger partial charge on any atom is -0.461 e. The van der Waals surface area contributed by atoms with Crippen molar-refractivity contribution in [3.8, 4) is 10.6 Å². The molecule has 0 amide bonds. The summed E-state index contributed by atoms with van der Waals surface area (Å²) in [6, 6.07) is 1.52. The maximum Gasteiger partial charge on any atom is 0.357 e. The van der Waals surface area contributed by atoms with Crippen molar-refractivity contribution in [3.63, 3.8) is 0 Å². The molecule has 4 nitrogen and oxygen atoms in total. The lowest BCUT2D eigenvalue weighted by Gasteiger charge is -1.97. The highest BCUT2D eigenvalue weighted by molar-refractivity contribution is 7.13. The van der Waals surface area contributed by atoms with Gasteiger partial charge in [-0.3, -0.25) is 4.98 Å². The smallest absolute Gasteiger partial charge is 0.357 e. The summed E-state index contributed by atoms with van der Waals surface area (Å²) in [5.41, 5.74) is 0.531. The van der Waals surface area contributed by atoms with Crippen molar-refractivity contribution >= 4 is 17.3 Å². The SMILES string of the molecule is CCOC(=O)c1csc(-c2ccncc2F)n1. The van der Waals surface area contributed by atoms with Gasteiger partial charge in [0.15, 0.2) is 11.5 Å². The fourth-order valence-electron chi connectivity index (χ4n) is 1.24. The maximum atomic E-state index is 13.4. The van der Waals surface area contributed by atoms with E-state index in [1.165, 1.54) is 23.6 Å². The van der Waals surface area contributed by atoms with E-state index < -0.39 is 11.8 Å². The first-order valence-corrected chi connectivity index (χ1v) is 5.83. The van der Waals surface area contributed by atoms with Crippen LogP contribution < -0.4 is 0 Å². The van der Waals surface area contributed by atoms with Gasteiger partial charge in [-0.15, -0.1) is 11.3 Å². The van der Waals surface area contributed by atoms with Gasteiger partial charge in [0.2, 0.25) is 0 Å². The standard InChI is InChI=1S/C11H9FN2O2S/c1-2-16-11(15)9-6-17-10(14-9)7-3-4-13-5-8(7)12/h3-6H,2H2,1H3. The Labute approximate surface area is 101 Å². The van der Waals surface area contributed by atoms with Gasteiger partial charge in [-0.2, -0.15) is 0 Å². The summed E-state index contributed by atoms with van der Waals surface area (Å²) in [7, 11) is 0. The third-order valence-electron chi connectivity index (χ3n) is 1.99. The highest BCUT2D eigenvalue weighted by atomic mass is 32.1. The molecule has 0 N–H and O–H groups in total. The lowest BCUT2D eigenvalue weighted by atomic mass is 10.3. The summed E-state index contributed by atoms with van der Waals surface area (Å²) in [6.45, 7) is 2.00. The van der Waals surface area contributed by atoms with Gasteiger partial charge >= 0.3 is 5.97 Å². The number of esters is 1. The molecule has 0 saturated heterocycles. The van der Waals surface area contributed by atoms with Crippen molar-refractivity contribution in [1.82, 2.24) is 9.97 Å². The van der Waals surface area contributed by atoms with Gasteiger partial charge in [0.25, 0.3) is 0 Å². The van der Waals surface area contributed by atoms with Crippen molar-refractivity contribution < 1.29 is 13.9 Å². The summed E-state index contributed by atoms with van der Waals surface area (Å²) >= 11 is 1.19. The van der Waals surface area contributed by atoms with Crippen LogP contribution in [0.3, 0.4) is 0 Å². The average Bonchev–Trinajstić information content (AvgIpc) is 2.79. The molecule has 0 aliphatic heterocycles. The number of nitrogens with zero attached hydrogens (tertiary/aromatic N) is 2. The first-order chi connectivity index (χ1) is 8.22. The molecular weight excluding hydrogens is 243 g/mol. The predicted octanol–water partition coefficient (Wildman–Crippen LogP) is 2.52. The van der Waals surface area contributed by atoms with Gasteiger partial charge in [-0.1, -0.05) is 0 Å². The molecule has 0 aliphatic rings. The molecule has 0 bridgehead atoms. The molecule has 0 saturated carbocycles. The molecule has 2 rings (SSSR count). The van der Waals surface area contributed by atoms with E-state index >= 15 is 0 Å². The molecule has 0 atom stereocenters. The minimum absolute atomic E-state index is 0.197. The zero-order chi connectivity index (χ0) is 12.3. The van der Waals surface area contributed by atoms with Crippen molar-refractivity contribution in [2.45, 2.75) is 6.92 Å². The molecule has 0 aromatic carbocycles. The lowest BCUT2D eigenvalue weighted by Crippen LogP contribution is -2.04. The van der Waals surface area contributed by atoms with Crippen LogP contribution in [-0.2, 0) is 4.74 Å². The Morgan fingerprint density at radius 1 is 1.59 bits per heavy atom. The zero-order valence-electron chi connectivity index (χ0n) is 9.01. The summed E-state index contributed by atoms with van der Waals surface area (Å²) in [4.78, 5) is 19.1. The number of ether oxygens (including phenoxy) is 1. The summed E-state index contributed by atoms with van der Waals surface area (Å²) in [6.07, 6.45) is 2.59. The molecule has 2 aromatic rings. The molecule has 2 heterocycles. The number of aromatic nitrogens is 2. The lowest BCUT2D eigenvalue weighted by molar-refractivity contribution is 0.0520. The van der Waals surface area contributed by atoms with E-state index in [-0.39, 0.29) is 12.3 Å². The average molecular weight is 252 g/mol. The number of rotatable bonds is 3. The van der Waals surface area contributed by atoms with Crippen LogP contribution in [-0.4, -0.2) is 22.5 Å². The van der Waals surface area contributed by atoms with Gasteiger partial charge in [0.1, 0.15) is 5.01 Å². The van der Waals surface area contributed by atoms with Crippen LogP contribution in [0.25, 0.3) is 10.6 Å². The van der Waals surface area contributed by atoms with Gasteiger partial charge in [0, 0.05) is 17.1 Å². The summed E-state index contributed by atoms with van der Waals surface area (Å²) in [5, 5.41) is 1.99. The number of carbonyl (C=O) groups excluding carboxylic acids is 1. The molecule has 0 aliphatic carbocycles. The molecule has 0 spiro atoms. The molecule has 17 heavy (non-hydrogen) atoms. The van der Waals surface area contributed by atoms with Crippen molar-refractivity contribution in [1.29, 1.82) is 0 Å². The molecule has 88 valence electrons. The number of thiazole rings is 1. The number of carbonyl (C=O) groups is 1. The Balaban J connectivity index is 2.30. The largest absolute Gasteiger partial charge is 0.461 e. The number of halogens is 1. The molecule has 2 aromatic heterocycles. The third-order valence-corrected chi connectivity index (χ3v) is 2.87. The fourth-order valence-corrected chi connectivity index (χ4v) is 2.06. The second-order valence-corrected chi connectivity index (χ2v) is 3.97. The highest BCUT2D eigenvalue weighted by Crippen LogP contribution is 2.25. The van der Waals surface area contributed by atoms with E-state index in [2.05, 4.69) is 9.97 Å². The molecule has 0 radical (unpaired) electrons. The Morgan fingerprint density at radius 2 is 2.41 bits per heavy atom. The Kier molecular flexibility index (Phi) is 3.43. The monoisotopic (exact) mass is 252 g/mol. The predicted molar refractivity (Wildman–Crippen MR) is 61.3 cm³/mol. The zero-order valence-corrected chi connectivity index (χ0v) is 9.83. The second kappa shape index (κ2) is 5.01. The van der Waals surface area contributed by atoms with E-state index in [1.807, 2.05) is 0 Å². The number of hydrogen-bond acceptors (Lipinski definition) is 5. The van der Waals surface area contributed by atoms with E-state index in [0.717, 1.165) is 6.20 Å². The quantitative estimate of drug-likeness (QED) is 0.788. The minimum atomic E-state index is -0.496. The van der Waals surface area contributed by atoms with Crippen LogP contribution in [0, 0.1) is 5.82 Å². The Morgan fingerprint density at radius 3 is 3.12 bits per heavy atom. The fraction of sp³-hybridized carbons (Fsp3) is 0.182. The molecule has 0 fully saturated rings. The summed E-state index contributed by atoms with van der Waals surface area (Å²) < 4.78 is 18.2. The van der Waals surface area contributed by atoms with Gasteiger partial charge < -0.3 is 4.74 Å². The van der Waals surface area contributed by atoms with Crippen LogP contribution in [0.15, 0.2) is 23.8 Å². The van der Waals surface area contributed by atoms with Crippen LogP contribution in [0.1, 0.15) is 17.4 Å². The highest BCUT2D eigenvalue weighted by Gasteiger charge is 2.14.